The lowest BCUT2D eigenvalue weighted by Crippen LogP contribution is -2.25. The molecule has 0 radical (unpaired) electrons. The van der Waals surface area contributed by atoms with Crippen LogP contribution < -0.4 is 10.6 Å². The van der Waals surface area contributed by atoms with Crippen molar-refractivity contribution in [2.75, 3.05) is 11.4 Å². The molecule has 5 nitrogen and oxygen atoms in total. The second-order valence-electron chi connectivity index (χ2n) is 4.69. The monoisotopic (exact) mass is 255 g/mol. The Labute approximate surface area is 112 Å². The number of aromatic nitrogens is 3. The summed E-state index contributed by atoms with van der Waals surface area (Å²) in [5.74, 6) is 0.773. The third kappa shape index (κ3) is 2.42. The van der Waals surface area contributed by atoms with E-state index < -0.39 is 0 Å². The molecule has 1 atom stereocenters. The first-order chi connectivity index (χ1) is 9.38. The van der Waals surface area contributed by atoms with E-state index in [1.807, 2.05) is 18.3 Å². The smallest absolute Gasteiger partial charge is 0.226 e. The maximum absolute atomic E-state index is 5.64. The molecule has 1 aliphatic rings. The van der Waals surface area contributed by atoms with Crippen molar-refractivity contribution in [3.8, 4) is 0 Å². The highest BCUT2D eigenvalue weighted by atomic mass is 15.3. The third-order valence-corrected chi connectivity index (χ3v) is 3.49. The van der Waals surface area contributed by atoms with E-state index in [0.29, 0.717) is 12.6 Å². The van der Waals surface area contributed by atoms with Gasteiger partial charge < -0.3 is 10.6 Å². The van der Waals surface area contributed by atoms with Crippen LogP contribution >= 0.6 is 0 Å². The van der Waals surface area contributed by atoms with E-state index >= 15 is 0 Å². The summed E-state index contributed by atoms with van der Waals surface area (Å²) in [5.41, 5.74) is 7.74. The van der Waals surface area contributed by atoms with Crippen molar-refractivity contribution in [1.82, 2.24) is 15.0 Å². The summed E-state index contributed by atoms with van der Waals surface area (Å²) >= 11 is 0. The molecule has 5 heteroatoms. The molecule has 0 aromatic carbocycles. The zero-order valence-corrected chi connectivity index (χ0v) is 10.7. The Balaban J connectivity index is 1.90. The van der Waals surface area contributed by atoms with Gasteiger partial charge in [-0.25, -0.2) is 9.97 Å². The molecule has 0 saturated carbocycles. The zero-order chi connectivity index (χ0) is 13.1. The molecule has 0 aliphatic carbocycles. The number of nitrogens with zero attached hydrogens (tertiary/aromatic N) is 4. The molecule has 2 aromatic heterocycles. The van der Waals surface area contributed by atoms with Gasteiger partial charge in [-0.2, -0.15) is 0 Å². The van der Waals surface area contributed by atoms with Crippen LogP contribution in [0.4, 0.5) is 5.95 Å². The predicted molar refractivity (Wildman–Crippen MR) is 73.5 cm³/mol. The minimum atomic E-state index is 0.321. The van der Waals surface area contributed by atoms with Gasteiger partial charge in [0.05, 0.1) is 11.7 Å². The van der Waals surface area contributed by atoms with Crippen molar-refractivity contribution in [2.45, 2.75) is 25.4 Å². The van der Waals surface area contributed by atoms with Gasteiger partial charge in [0.1, 0.15) is 0 Å². The summed E-state index contributed by atoms with van der Waals surface area (Å²) in [6.45, 7) is 1.43. The first kappa shape index (κ1) is 12.0. The van der Waals surface area contributed by atoms with Crippen molar-refractivity contribution in [1.29, 1.82) is 0 Å². The van der Waals surface area contributed by atoms with Crippen LogP contribution in [0.3, 0.4) is 0 Å². The van der Waals surface area contributed by atoms with Crippen LogP contribution in [0, 0.1) is 0 Å². The Morgan fingerprint density at radius 2 is 2.26 bits per heavy atom. The zero-order valence-electron chi connectivity index (χ0n) is 10.7. The summed E-state index contributed by atoms with van der Waals surface area (Å²) in [4.78, 5) is 15.4. The van der Waals surface area contributed by atoms with E-state index in [4.69, 9.17) is 5.73 Å². The van der Waals surface area contributed by atoms with Crippen molar-refractivity contribution in [3.05, 3.63) is 48.0 Å². The quantitative estimate of drug-likeness (QED) is 0.903. The van der Waals surface area contributed by atoms with Crippen LogP contribution in [-0.2, 0) is 6.54 Å². The van der Waals surface area contributed by atoms with Gasteiger partial charge in [0.15, 0.2) is 0 Å². The van der Waals surface area contributed by atoms with Crippen LogP contribution in [0.2, 0.25) is 0 Å². The van der Waals surface area contributed by atoms with Gasteiger partial charge in [-0.3, -0.25) is 4.98 Å². The highest BCUT2D eigenvalue weighted by Crippen LogP contribution is 2.33. The van der Waals surface area contributed by atoms with Crippen LogP contribution in [0.15, 0.2) is 36.8 Å². The summed E-state index contributed by atoms with van der Waals surface area (Å²) in [6, 6.07) is 6.27. The number of rotatable bonds is 3. The van der Waals surface area contributed by atoms with Gasteiger partial charge in [0.2, 0.25) is 5.95 Å². The number of nitrogens with two attached hydrogens (primary N) is 1. The number of hydrogen-bond acceptors (Lipinski definition) is 5. The molecular formula is C14H17N5. The topological polar surface area (TPSA) is 67.9 Å². The molecule has 0 spiro atoms. The summed E-state index contributed by atoms with van der Waals surface area (Å²) in [6.07, 6.45) is 7.77. The standard InChI is InChI=1S/C14H17N5/c15-9-12-5-7-17-14(18-12)19-8-2-4-13(19)11-3-1-6-16-10-11/h1,3,5-7,10,13H,2,4,8-9,15H2. The van der Waals surface area contributed by atoms with Crippen LogP contribution in [0.5, 0.6) is 0 Å². The predicted octanol–water partition coefficient (Wildman–Crippen LogP) is 1.67. The fourth-order valence-corrected chi connectivity index (χ4v) is 2.56. The largest absolute Gasteiger partial charge is 0.334 e. The van der Waals surface area contributed by atoms with E-state index in [1.165, 1.54) is 5.56 Å². The van der Waals surface area contributed by atoms with Gasteiger partial charge in [-0.15, -0.1) is 0 Å². The Morgan fingerprint density at radius 3 is 3.05 bits per heavy atom. The van der Waals surface area contributed by atoms with E-state index in [0.717, 1.165) is 31.0 Å². The maximum atomic E-state index is 5.64. The SMILES string of the molecule is NCc1ccnc(N2CCCC2c2cccnc2)n1. The fourth-order valence-electron chi connectivity index (χ4n) is 2.56. The average molecular weight is 255 g/mol. The van der Waals surface area contributed by atoms with Crippen molar-refractivity contribution in [3.63, 3.8) is 0 Å². The Kier molecular flexibility index (Phi) is 3.37. The summed E-state index contributed by atoms with van der Waals surface area (Å²) in [5, 5.41) is 0. The molecule has 98 valence electrons. The highest BCUT2D eigenvalue weighted by Gasteiger charge is 2.28. The lowest BCUT2D eigenvalue weighted by atomic mass is 10.1. The third-order valence-electron chi connectivity index (χ3n) is 3.49. The summed E-state index contributed by atoms with van der Waals surface area (Å²) in [7, 11) is 0. The molecule has 3 heterocycles. The van der Waals surface area contributed by atoms with Crippen molar-refractivity contribution in [2.24, 2.45) is 5.73 Å². The van der Waals surface area contributed by atoms with Gasteiger partial charge in [-0.05, 0) is 30.5 Å². The second-order valence-corrected chi connectivity index (χ2v) is 4.69. The molecule has 0 bridgehead atoms. The van der Waals surface area contributed by atoms with Crippen molar-refractivity contribution < 1.29 is 0 Å². The minimum absolute atomic E-state index is 0.321. The van der Waals surface area contributed by atoms with E-state index in [-0.39, 0.29) is 0 Å². The van der Waals surface area contributed by atoms with Crippen LogP contribution in [-0.4, -0.2) is 21.5 Å². The Bertz CT molecular complexity index is 543. The van der Waals surface area contributed by atoms with Gasteiger partial charge in [0.25, 0.3) is 0 Å². The minimum Gasteiger partial charge on any atom is -0.334 e. The molecule has 1 aliphatic heterocycles. The van der Waals surface area contributed by atoms with E-state index in [9.17, 15) is 0 Å². The molecule has 1 unspecified atom stereocenters. The van der Waals surface area contributed by atoms with Crippen LogP contribution in [0.25, 0.3) is 0 Å². The highest BCUT2D eigenvalue weighted by molar-refractivity contribution is 5.38. The molecular weight excluding hydrogens is 238 g/mol. The van der Waals surface area contributed by atoms with Gasteiger partial charge >= 0.3 is 0 Å². The Morgan fingerprint density at radius 1 is 1.32 bits per heavy atom. The van der Waals surface area contributed by atoms with Gasteiger partial charge in [-0.1, -0.05) is 6.07 Å². The van der Waals surface area contributed by atoms with Crippen molar-refractivity contribution >= 4 is 5.95 Å². The van der Waals surface area contributed by atoms with Gasteiger partial charge in [0, 0.05) is 31.7 Å². The first-order valence-corrected chi connectivity index (χ1v) is 6.57. The molecule has 1 fully saturated rings. The fraction of sp³-hybridized carbons (Fsp3) is 0.357. The number of pyridine rings is 1. The molecule has 3 rings (SSSR count). The number of anilines is 1. The average Bonchev–Trinajstić information content (AvgIpc) is 2.98. The molecule has 1 saturated heterocycles. The molecule has 2 aromatic rings. The van der Waals surface area contributed by atoms with E-state index in [1.54, 1.807) is 12.4 Å². The van der Waals surface area contributed by atoms with E-state index in [2.05, 4.69) is 25.9 Å². The number of hydrogen-bond donors (Lipinski definition) is 1. The molecule has 0 amide bonds. The second kappa shape index (κ2) is 5.32. The maximum Gasteiger partial charge on any atom is 0.226 e. The summed E-state index contributed by atoms with van der Waals surface area (Å²) < 4.78 is 0. The lowest BCUT2D eigenvalue weighted by Gasteiger charge is -2.24. The molecule has 2 N–H and O–H groups in total. The Hall–Kier alpha value is -2.01. The normalized spacial score (nSPS) is 18.8. The molecule has 19 heavy (non-hydrogen) atoms. The first-order valence-electron chi connectivity index (χ1n) is 6.57. The lowest BCUT2D eigenvalue weighted by molar-refractivity contribution is 0.695. The van der Waals surface area contributed by atoms with Crippen LogP contribution in [0.1, 0.15) is 30.1 Å².